The summed E-state index contributed by atoms with van der Waals surface area (Å²) < 4.78 is 19.1. The summed E-state index contributed by atoms with van der Waals surface area (Å²) in [6.45, 7) is 3.93. The maximum Gasteiger partial charge on any atom is 0.148 e. The number of aryl methyl sites for hydroxylation is 2. The second-order valence-electron chi connectivity index (χ2n) is 4.28. The number of alkyl halides is 1. The zero-order valence-electron chi connectivity index (χ0n) is 10.9. The maximum atomic E-state index is 13.4. The van der Waals surface area contributed by atoms with Crippen molar-refractivity contribution in [3.05, 3.63) is 53.1 Å². The SMILES string of the molecule is CCc1nc(C)ccc1Oc1cc(F)cc(CCl)c1. The first-order valence-corrected chi connectivity index (χ1v) is 6.65. The molecule has 2 aromatic rings. The Labute approximate surface area is 117 Å². The average molecular weight is 280 g/mol. The van der Waals surface area contributed by atoms with Gasteiger partial charge in [0.05, 0.1) is 5.69 Å². The lowest BCUT2D eigenvalue weighted by Gasteiger charge is -2.11. The van der Waals surface area contributed by atoms with Crippen LogP contribution in [0.3, 0.4) is 0 Å². The van der Waals surface area contributed by atoms with Crippen molar-refractivity contribution in [1.82, 2.24) is 4.98 Å². The molecule has 100 valence electrons. The molecule has 0 aliphatic heterocycles. The zero-order chi connectivity index (χ0) is 13.8. The smallest absolute Gasteiger partial charge is 0.148 e. The highest BCUT2D eigenvalue weighted by Gasteiger charge is 2.07. The first kappa shape index (κ1) is 13.8. The van der Waals surface area contributed by atoms with Crippen molar-refractivity contribution in [3.8, 4) is 11.5 Å². The van der Waals surface area contributed by atoms with E-state index in [0.717, 1.165) is 17.8 Å². The highest BCUT2D eigenvalue weighted by atomic mass is 35.5. The van der Waals surface area contributed by atoms with Gasteiger partial charge in [-0.15, -0.1) is 11.6 Å². The lowest BCUT2D eigenvalue weighted by Crippen LogP contribution is -1.96. The molecule has 19 heavy (non-hydrogen) atoms. The molecule has 2 rings (SSSR count). The summed E-state index contributed by atoms with van der Waals surface area (Å²) in [5.41, 5.74) is 2.48. The van der Waals surface area contributed by atoms with Gasteiger partial charge in [0.1, 0.15) is 17.3 Å². The Hall–Kier alpha value is -1.61. The van der Waals surface area contributed by atoms with E-state index >= 15 is 0 Å². The topological polar surface area (TPSA) is 22.1 Å². The lowest BCUT2D eigenvalue weighted by atomic mass is 10.2. The number of pyridine rings is 1. The Morgan fingerprint density at radius 2 is 2.05 bits per heavy atom. The van der Waals surface area contributed by atoms with Crippen LogP contribution in [0, 0.1) is 12.7 Å². The minimum atomic E-state index is -0.355. The van der Waals surface area contributed by atoms with Crippen LogP contribution in [-0.2, 0) is 12.3 Å². The van der Waals surface area contributed by atoms with Crippen molar-refractivity contribution in [3.63, 3.8) is 0 Å². The highest BCUT2D eigenvalue weighted by Crippen LogP contribution is 2.27. The second kappa shape index (κ2) is 6.02. The van der Waals surface area contributed by atoms with E-state index in [9.17, 15) is 4.39 Å². The molecular weight excluding hydrogens is 265 g/mol. The number of rotatable bonds is 4. The van der Waals surface area contributed by atoms with Crippen LogP contribution in [-0.4, -0.2) is 4.98 Å². The largest absolute Gasteiger partial charge is 0.455 e. The van der Waals surface area contributed by atoms with Gasteiger partial charge < -0.3 is 4.74 Å². The van der Waals surface area contributed by atoms with Crippen LogP contribution in [0.15, 0.2) is 30.3 Å². The van der Waals surface area contributed by atoms with Crippen molar-refractivity contribution >= 4 is 11.6 Å². The fourth-order valence-corrected chi connectivity index (χ4v) is 1.98. The van der Waals surface area contributed by atoms with E-state index in [0.29, 0.717) is 17.1 Å². The van der Waals surface area contributed by atoms with E-state index in [1.54, 1.807) is 6.07 Å². The van der Waals surface area contributed by atoms with E-state index in [-0.39, 0.29) is 11.7 Å². The molecule has 0 radical (unpaired) electrons. The molecule has 0 fully saturated rings. The third kappa shape index (κ3) is 3.44. The molecule has 0 unspecified atom stereocenters. The fraction of sp³-hybridized carbons (Fsp3) is 0.267. The first-order valence-electron chi connectivity index (χ1n) is 6.12. The van der Waals surface area contributed by atoms with Crippen molar-refractivity contribution in [1.29, 1.82) is 0 Å². The average Bonchev–Trinajstić information content (AvgIpc) is 2.40. The summed E-state index contributed by atoms with van der Waals surface area (Å²) in [5.74, 6) is 0.988. The molecule has 0 N–H and O–H groups in total. The van der Waals surface area contributed by atoms with E-state index in [1.807, 2.05) is 26.0 Å². The molecule has 1 aromatic carbocycles. The van der Waals surface area contributed by atoms with E-state index in [4.69, 9.17) is 16.3 Å². The Morgan fingerprint density at radius 3 is 2.74 bits per heavy atom. The minimum absolute atomic E-state index is 0.251. The number of ether oxygens (including phenoxy) is 1. The number of hydrogen-bond acceptors (Lipinski definition) is 2. The molecule has 1 heterocycles. The summed E-state index contributed by atoms with van der Waals surface area (Å²) in [5, 5.41) is 0. The second-order valence-corrected chi connectivity index (χ2v) is 4.55. The Morgan fingerprint density at radius 1 is 1.26 bits per heavy atom. The maximum absolute atomic E-state index is 13.4. The van der Waals surface area contributed by atoms with E-state index in [1.165, 1.54) is 12.1 Å². The molecule has 0 aliphatic rings. The summed E-state index contributed by atoms with van der Waals surface area (Å²) in [7, 11) is 0. The van der Waals surface area contributed by atoms with Gasteiger partial charge in [0, 0.05) is 17.6 Å². The van der Waals surface area contributed by atoms with Crippen LogP contribution in [0.4, 0.5) is 4.39 Å². The van der Waals surface area contributed by atoms with E-state index < -0.39 is 0 Å². The van der Waals surface area contributed by atoms with Crippen molar-refractivity contribution in [2.24, 2.45) is 0 Å². The quantitative estimate of drug-likeness (QED) is 0.762. The van der Waals surface area contributed by atoms with Crippen LogP contribution in [0.2, 0.25) is 0 Å². The minimum Gasteiger partial charge on any atom is -0.455 e. The Kier molecular flexibility index (Phi) is 4.38. The highest BCUT2D eigenvalue weighted by molar-refractivity contribution is 6.17. The van der Waals surface area contributed by atoms with Crippen LogP contribution < -0.4 is 4.74 Å². The van der Waals surface area contributed by atoms with Crippen LogP contribution in [0.25, 0.3) is 0 Å². The first-order chi connectivity index (χ1) is 9.12. The van der Waals surface area contributed by atoms with Crippen molar-refractivity contribution in [2.45, 2.75) is 26.1 Å². The van der Waals surface area contributed by atoms with Gasteiger partial charge in [-0.25, -0.2) is 4.39 Å². The molecule has 4 heteroatoms. The van der Waals surface area contributed by atoms with Gasteiger partial charge >= 0.3 is 0 Å². The summed E-state index contributed by atoms with van der Waals surface area (Å²) >= 11 is 5.72. The molecule has 0 saturated carbocycles. The molecular formula is C15H15ClFNO. The summed E-state index contributed by atoms with van der Waals surface area (Å²) in [6, 6.07) is 8.20. The molecule has 2 nitrogen and oxygen atoms in total. The van der Waals surface area contributed by atoms with Gasteiger partial charge in [-0.2, -0.15) is 0 Å². The molecule has 0 saturated heterocycles. The molecule has 0 atom stereocenters. The Bertz CT molecular complexity index is 586. The Balaban J connectivity index is 2.33. The number of aromatic nitrogens is 1. The normalized spacial score (nSPS) is 10.5. The van der Waals surface area contributed by atoms with Gasteiger partial charge in [-0.1, -0.05) is 6.92 Å². The predicted molar refractivity (Wildman–Crippen MR) is 74.4 cm³/mol. The fourth-order valence-electron chi connectivity index (χ4n) is 1.83. The van der Waals surface area contributed by atoms with Crippen molar-refractivity contribution in [2.75, 3.05) is 0 Å². The monoisotopic (exact) mass is 279 g/mol. The van der Waals surface area contributed by atoms with Gasteiger partial charge in [0.15, 0.2) is 0 Å². The van der Waals surface area contributed by atoms with Gasteiger partial charge in [-0.3, -0.25) is 4.98 Å². The molecule has 1 aromatic heterocycles. The lowest BCUT2D eigenvalue weighted by molar-refractivity contribution is 0.467. The van der Waals surface area contributed by atoms with E-state index in [2.05, 4.69) is 4.98 Å². The summed E-state index contributed by atoms with van der Waals surface area (Å²) in [4.78, 5) is 4.41. The van der Waals surface area contributed by atoms with Crippen LogP contribution >= 0.6 is 11.6 Å². The molecule has 0 amide bonds. The molecule has 0 aliphatic carbocycles. The summed E-state index contributed by atoms with van der Waals surface area (Å²) in [6.07, 6.45) is 0.759. The zero-order valence-corrected chi connectivity index (χ0v) is 11.7. The third-order valence-corrected chi connectivity index (χ3v) is 3.03. The predicted octanol–water partition coefficient (Wildman–Crippen LogP) is 4.62. The molecule has 0 spiro atoms. The number of nitrogens with zero attached hydrogens (tertiary/aromatic N) is 1. The van der Waals surface area contributed by atoms with Crippen molar-refractivity contribution < 1.29 is 9.13 Å². The van der Waals surface area contributed by atoms with Gasteiger partial charge in [-0.05, 0) is 43.2 Å². The number of hydrogen-bond donors (Lipinski definition) is 0. The van der Waals surface area contributed by atoms with Crippen LogP contribution in [0.1, 0.15) is 23.9 Å². The number of halogens is 2. The van der Waals surface area contributed by atoms with Gasteiger partial charge in [0.2, 0.25) is 0 Å². The number of benzene rings is 1. The molecule has 0 bridgehead atoms. The van der Waals surface area contributed by atoms with Gasteiger partial charge in [0.25, 0.3) is 0 Å². The van der Waals surface area contributed by atoms with Crippen LogP contribution in [0.5, 0.6) is 11.5 Å². The standard InChI is InChI=1S/C15H15ClFNO/c1-3-14-15(5-4-10(2)18-14)19-13-7-11(9-16)6-12(17)8-13/h4-8H,3,9H2,1-2H3. The third-order valence-electron chi connectivity index (χ3n) is 2.72.